The number of nitrogens with zero attached hydrogens (tertiary/aromatic N) is 4. The van der Waals surface area contributed by atoms with Gasteiger partial charge in [0.15, 0.2) is 5.96 Å². The minimum Gasteiger partial charge on any atom is -0.382 e. The summed E-state index contributed by atoms with van der Waals surface area (Å²) in [7, 11) is 1.69. The first-order chi connectivity index (χ1) is 12.8. The quantitative estimate of drug-likeness (QED) is 0.358. The topological polar surface area (TPSA) is 75.4 Å². The van der Waals surface area contributed by atoms with E-state index in [1.165, 1.54) is 0 Å². The van der Waals surface area contributed by atoms with Crippen LogP contribution in [0.25, 0.3) is 0 Å². The van der Waals surface area contributed by atoms with Gasteiger partial charge in [0.2, 0.25) is 0 Å². The Kier molecular flexibility index (Phi) is 10.1. The summed E-state index contributed by atoms with van der Waals surface area (Å²) in [5.41, 5.74) is 0.992. The molecule has 0 radical (unpaired) electrons. The van der Waals surface area contributed by atoms with Crippen LogP contribution in [0.2, 0.25) is 0 Å². The number of methoxy groups -OCH3 is 1. The highest BCUT2D eigenvalue weighted by atomic mass is 16.5. The number of aliphatic imine (C=N–C) groups is 1. The first kappa shape index (κ1) is 20.7. The van der Waals surface area contributed by atoms with Gasteiger partial charge in [-0.05, 0) is 19.8 Å². The van der Waals surface area contributed by atoms with E-state index in [1.807, 2.05) is 6.07 Å². The highest BCUT2D eigenvalue weighted by molar-refractivity contribution is 5.80. The molecule has 8 nitrogen and oxygen atoms in total. The van der Waals surface area contributed by atoms with Gasteiger partial charge in [0, 0.05) is 65.6 Å². The molecule has 0 atom stereocenters. The van der Waals surface area contributed by atoms with E-state index in [9.17, 15) is 0 Å². The van der Waals surface area contributed by atoms with Crippen molar-refractivity contribution < 1.29 is 14.0 Å². The van der Waals surface area contributed by atoms with Gasteiger partial charge in [-0.1, -0.05) is 5.16 Å². The first-order valence-corrected chi connectivity index (χ1v) is 9.55. The molecular weight excluding hydrogens is 334 g/mol. The summed E-state index contributed by atoms with van der Waals surface area (Å²) in [4.78, 5) is 9.52. The molecule has 8 heteroatoms. The average Bonchev–Trinajstić information content (AvgIpc) is 3.17. The van der Waals surface area contributed by atoms with Gasteiger partial charge in [-0.15, -0.1) is 0 Å². The van der Waals surface area contributed by atoms with Crippen molar-refractivity contribution in [2.75, 3.05) is 66.2 Å². The summed E-state index contributed by atoms with van der Waals surface area (Å²) < 4.78 is 15.3. The molecule has 0 spiro atoms. The molecule has 1 saturated heterocycles. The van der Waals surface area contributed by atoms with Gasteiger partial charge in [-0.3, -0.25) is 9.89 Å². The molecule has 0 saturated carbocycles. The fraction of sp³-hybridized carbons (Fsp3) is 0.778. The van der Waals surface area contributed by atoms with Gasteiger partial charge >= 0.3 is 0 Å². The van der Waals surface area contributed by atoms with Crippen molar-refractivity contribution in [1.82, 2.24) is 20.3 Å². The van der Waals surface area contributed by atoms with E-state index in [0.29, 0.717) is 13.2 Å². The lowest BCUT2D eigenvalue weighted by molar-refractivity contribution is 0.0690. The number of hydrogen-bond donors (Lipinski definition) is 1. The molecule has 0 unspecified atom stereocenters. The predicted octanol–water partition coefficient (Wildman–Crippen LogP) is 1.20. The molecule has 0 aromatic carbocycles. The zero-order valence-electron chi connectivity index (χ0n) is 16.2. The molecule has 2 rings (SSSR count). The molecule has 26 heavy (non-hydrogen) atoms. The summed E-state index contributed by atoms with van der Waals surface area (Å²) in [6.07, 6.45) is 3.69. The Morgan fingerprint density at radius 2 is 2.08 bits per heavy atom. The fourth-order valence-electron chi connectivity index (χ4n) is 2.84. The second-order valence-corrected chi connectivity index (χ2v) is 6.30. The van der Waals surface area contributed by atoms with Gasteiger partial charge < -0.3 is 24.2 Å². The Morgan fingerprint density at radius 3 is 2.77 bits per heavy atom. The second kappa shape index (κ2) is 12.7. The van der Waals surface area contributed by atoms with Crippen LogP contribution in [0.4, 0.5) is 0 Å². The van der Waals surface area contributed by atoms with Crippen LogP contribution < -0.4 is 5.32 Å². The standard InChI is InChI=1S/C18H33N5O3/c1-3-19-18(20-7-4-5-12-25-15-14-24-2)23-10-8-22(9-11-23)16-17-6-13-26-21-17/h6,13H,3-5,7-12,14-16H2,1-2H3,(H,19,20). The highest BCUT2D eigenvalue weighted by Gasteiger charge is 2.20. The minimum absolute atomic E-state index is 0.658. The summed E-state index contributed by atoms with van der Waals surface area (Å²) in [6.45, 7) is 10.7. The number of nitrogens with one attached hydrogen (secondary N) is 1. The van der Waals surface area contributed by atoms with Crippen LogP contribution >= 0.6 is 0 Å². The van der Waals surface area contributed by atoms with Crippen molar-refractivity contribution in [3.63, 3.8) is 0 Å². The van der Waals surface area contributed by atoms with Gasteiger partial charge in [0.25, 0.3) is 0 Å². The summed E-state index contributed by atoms with van der Waals surface area (Å²) in [5, 5.41) is 7.41. The summed E-state index contributed by atoms with van der Waals surface area (Å²) >= 11 is 0. The molecule has 1 fully saturated rings. The van der Waals surface area contributed by atoms with Crippen molar-refractivity contribution in [2.24, 2.45) is 4.99 Å². The van der Waals surface area contributed by atoms with Crippen molar-refractivity contribution >= 4 is 5.96 Å². The number of piperazine rings is 1. The van der Waals surface area contributed by atoms with Gasteiger partial charge in [-0.2, -0.15) is 0 Å². The van der Waals surface area contributed by atoms with Crippen LogP contribution in [0.5, 0.6) is 0 Å². The maximum Gasteiger partial charge on any atom is 0.194 e. The van der Waals surface area contributed by atoms with Crippen LogP contribution in [0.15, 0.2) is 21.8 Å². The molecule has 0 amide bonds. The highest BCUT2D eigenvalue weighted by Crippen LogP contribution is 2.07. The first-order valence-electron chi connectivity index (χ1n) is 9.55. The summed E-state index contributed by atoms with van der Waals surface area (Å²) in [6, 6.07) is 1.93. The molecule has 1 aromatic heterocycles. The molecule has 1 aliphatic rings. The normalized spacial score (nSPS) is 16.2. The Hall–Kier alpha value is -1.64. The van der Waals surface area contributed by atoms with E-state index in [0.717, 1.165) is 76.9 Å². The fourth-order valence-corrected chi connectivity index (χ4v) is 2.84. The third kappa shape index (κ3) is 7.72. The van der Waals surface area contributed by atoms with E-state index in [-0.39, 0.29) is 0 Å². The van der Waals surface area contributed by atoms with Gasteiger partial charge in [0.1, 0.15) is 6.26 Å². The number of hydrogen-bond acceptors (Lipinski definition) is 6. The molecule has 1 N–H and O–H groups in total. The lowest BCUT2D eigenvalue weighted by Crippen LogP contribution is -2.52. The average molecular weight is 367 g/mol. The Labute approximate surface area is 156 Å². The Morgan fingerprint density at radius 1 is 1.23 bits per heavy atom. The molecule has 0 aliphatic carbocycles. The van der Waals surface area contributed by atoms with E-state index in [2.05, 4.69) is 27.2 Å². The molecular formula is C18H33N5O3. The third-order valence-electron chi connectivity index (χ3n) is 4.27. The number of guanidine groups is 1. The number of unbranched alkanes of at least 4 members (excludes halogenated alkanes) is 1. The molecule has 1 aromatic rings. The molecule has 1 aliphatic heterocycles. The smallest absolute Gasteiger partial charge is 0.194 e. The third-order valence-corrected chi connectivity index (χ3v) is 4.27. The molecule has 148 valence electrons. The van der Waals surface area contributed by atoms with E-state index >= 15 is 0 Å². The Balaban J connectivity index is 1.66. The lowest BCUT2D eigenvalue weighted by Gasteiger charge is -2.36. The largest absolute Gasteiger partial charge is 0.382 e. The van der Waals surface area contributed by atoms with E-state index in [1.54, 1.807) is 13.4 Å². The lowest BCUT2D eigenvalue weighted by atomic mass is 10.3. The van der Waals surface area contributed by atoms with Crippen LogP contribution in [0, 0.1) is 0 Å². The number of aromatic nitrogens is 1. The molecule has 0 bridgehead atoms. The van der Waals surface area contributed by atoms with Crippen LogP contribution in [0.1, 0.15) is 25.5 Å². The van der Waals surface area contributed by atoms with Crippen molar-refractivity contribution in [3.8, 4) is 0 Å². The Bertz CT molecular complexity index is 487. The predicted molar refractivity (Wildman–Crippen MR) is 101 cm³/mol. The molecule has 2 heterocycles. The van der Waals surface area contributed by atoms with E-state index < -0.39 is 0 Å². The van der Waals surface area contributed by atoms with Crippen LogP contribution in [-0.2, 0) is 16.0 Å². The number of ether oxygens (including phenoxy) is 2. The van der Waals surface area contributed by atoms with Gasteiger partial charge in [0.05, 0.1) is 18.9 Å². The van der Waals surface area contributed by atoms with Gasteiger partial charge in [-0.25, -0.2) is 0 Å². The maximum absolute atomic E-state index is 5.48. The summed E-state index contributed by atoms with van der Waals surface area (Å²) in [5.74, 6) is 1.02. The van der Waals surface area contributed by atoms with Crippen LogP contribution in [-0.4, -0.2) is 87.1 Å². The van der Waals surface area contributed by atoms with Crippen molar-refractivity contribution in [2.45, 2.75) is 26.3 Å². The zero-order valence-corrected chi connectivity index (χ0v) is 16.2. The van der Waals surface area contributed by atoms with Crippen molar-refractivity contribution in [1.29, 1.82) is 0 Å². The van der Waals surface area contributed by atoms with E-state index in [4.69, 9.17) is 19.0 Å². The maximum atomic E-state index is 5.48. The minimum atomic E-state index is 0.658. The SMILES string of the molecule is CCNC(=NCCCCOCCOC)N1CCN(Cc2ccon2)CC1. The van der Waals surface area contributed by atoms with Crippen LogP contribution in [0.3, 0.4) is 0 Å². The second-order valence-electron chi connectivity index (χ2n) is 6.30. The van der Waals surface area contributed by atoms with Crippen molar-refractivity contribution in [3.05, 3.63) is 18.0 Å². The zero-order chi connectivity index (χ0) is 18.5. The number of rotatable bonds is 11. The monoisotopic (exact) mass is 367 g/mol.